The molecule has 39 heavy (non-hydrogen) atoms. The van der Waals surface area contributed by atoms with Crippen molar-refractivity contribution in [2.75, 3.05) is 25.0 Å². The first kappa shape index (κ1) is 31.5. The van der Waals surface area contributed by atoms with Gasteiger partial charge in [-0.2, -0.15) is 4.31 Å². The Morgan fingerprint density at radius 3 is 2.46 bits per heavy atom. The predicted octanol–water partition coefficient (Wildman–Crippen LogP) is 4.91. The molecule has 1 amide bonds. The van der Waals surface area contributed by atoms with Gasteiger partial charge in [-0.3, -0.25) is 4.79 Å². The van der Waals surface area contributed by atoms with Gasteiger partial charge in [-0.1, -0.05) is 57.5 Å². The number of piperazine rings is 1. The summed E-state index contributed by atoms with van der Waals surface area (Å²) in [4.78, 5) is 13.3. The lowest BCUT2D eigenvalue weighted by molar-refractivity contribution is -0.118. The number of benzene rings is 2. The highest BCUT2D eigenvalue weighted by molar-refractivity contribution is 7.90. The van der Waals surface area contributed by atoms with Crippen LogP contribution in [-0.4, -0.2) is 55.6 Å². The second-order valence-corrected chi connectivity index (χ2v) is 13.0. The molecule has 0 aromatic heterocycles. The molecule has 1 heterocycles. The maximum atomic E-state index is 15.0. The first-order valence-electron chi connectivity index (χ1n) is 13.9. The standard InChI is InChI=1S/C27H36ClFN4O3S.C2H6/c1-17(2)25(18-6-8-19(28)9-7-18)26(30)27(34)32-24-5-3-4-23(29)22(24)13-10-20-16-31-14-15-33(20)37(35,36)21-11-12-21;1-2/h3-9,17,20-21,25-26,31H,10-16,30H2,1-2H3,(H,32,34);1-2H3/t20-,25?,26-;/m0./s1. The van der Waals surface area contributed by atoms with Crippen LogP contribution >= 0.6 is 11.6 Å². The van der Waals surface area contributed by atoms with Gasteiger partial charge in [0.15, 0.2) is 0 Å². The number of nitrogens with two attached hydrogens (primary N) is 1. The zero-order valence-corrected chi connectivity index (χ0v) is 24.9. The van der Waals surface area contributed by atoms with E-state index in [4.69, 9.17) is 17.3 Å². The highest BCUT2D eigenvalue weighted by Crippen LogP contribution is 2.34. The predicted molar refractivity (Wildman–Crippen MR) is 157 cm³/mol. The number of halogens is 2. The average molecular weight is 581 g/mol. The van der Waals surface area contributed by atoms with E-state index in [1.165, 1.54) is 6.07 Å². The summed E-state index contributed by atoms with van der Waals surface area (Å²) in [5.41, 5.74) is 8.06. The van der Waals surface area contributed by atoms with E-state index in [0.717, 1.165) is 5.56 Å². The molecule has 10 heteroatoms. The number of hydrogen-bond donors (Lipinski definition) is 3. The summed E-state index contributed by atoms with van der Waals surface area (Å²) in [6.07, 6.45) is 2.13. The Balaban J connectivity index is 0.00000205. The molecular weight excluding hydrogens is 539 g/mol. The highest BCUT2D eigenvalue weighted by Gasteiger charge is 2.43. The molecule has 4 N–H and O–H groups in total. The number of nitrogens with one attached hydrogen (secondary N) is 2. The van der Waals surface area contributed by atoms with E-state index in [2.05, 4.69) is 10.6 Å². The maximum absolute atomic E-state index is 15.0. The summed E-state index contributed by atoms with van der Waals surface area (Å²) < 4.78 is 42.4. The van der Waals surface area contributed by atoms with Crippen molar-refractivity contribution in [1.82, 2.24) is 9.62 Å². The Bertz CT molecular complexity index is 1210. The number of carbonyl (C=O) groups is 1. The summed E-state index contributed by atoms with van der Waals surface area (Å²) in [5.74, 6) is -1.03. The fourth-order valence-corrected chi connectivity index (χ4v) is 7.37. The fraction of sp³-hybridized carbons (Fsp3) is 0.552. The van der Waals surface area contributed by atoms with E-state index in [9.17, 15) is 17.6 Å². The Hall–Kier alpha value is -2.04. The van der Waals surface area contributed by atoms with Gasteiger partial charge in [0.05, 0.1) is 11.3 Å². The van der Waals surface area contributed by atoms with Gasteiger partial charge in [0.2, 0.25) is 15.9 Å². The molecule has 0 spiro atoms. The molecule has 216 valence electrons. The molecule has 1 aliphatic carbocycles. The summed E-state index contributed by atoms with van der Waals surface area (Å²) >= 11 is 6.03. The van der Waals surface area contributed by atoms with Crippen LogP contribution in [0.2, 0.25) is 5.02 Å². The van der Waals surface area contributed by atoms with Crippen LogP contribution in [0, 0.1) is 11.7 Å². The van der Waals surface area contributed by atoms with E-state index in [0.29, 0.717) is 55.2 Å². The number of hydrogen-bond acceptors (Lipinski definition) is 5. The molecule has 0 bridgehead atoms. The van der Waals surface area contributed by atoms with Gasteiger partial charge < -0.3 is 16.4 Å². The molecule has 1 saturated heterocycles. The average Bonchev–Trinajstić information content (AvgIpc) is 3.77. The smallest absolute Gasteiger partial charge is 0.241 e. The van der Waals surface area contributed by atoms with Crippen molar-refractivity contribution in [3.8, 4) is 0 Å². The molecule has 2 aliphatic rings. The van der Waals surface area contributed by atoms with Gasteiger partial charge in [0.25, 0.3) is 0 Å². The molecule has 2 fully saturated rings. The quantitative estimate of drug-likeness (QED) is 0.370. The SMILES string of the molecule is CC.CC(C)C(c1ccc(Cl)cc1)[C@H](N)C(=O)Nc1cccc(F)c1CC[C@H]1CNCCN1S(=O)(=O)C1CC1. The Morgan fingerprint density at radius 2 is 1.85 bits per heavy atom. The number of anilines is 1. The van der Waals surface area contributed by atoms with Gasteiger partial charge >= 0.3 is 0 Å². The number of nitrogens with zero attached hydrogens (tertiary/aromatic N) is 1. The van der Waals surface area contributed by atoms with E-state index in [1.54, 1.807) is 28.6 Å². The molecule has 1 unspecified atom stereocenters. The third kappa shape index (κ3) is 7.79. The third-order valence-electron chi connectivity index (χ3n) is 7.34. The minimum atomic E-state index is -3.33. The molecular formula is C29H42ClFN4O3S. The fourth-order valence-electron chi connectivity index (χ4n) is 5.19. The number of amides is 1. The molecule has 2 aromatic carbocycles. The first-order valence-corrected chi connectivity index (χ1v) is 15.8. The van der Waals surface area contributed by atoms with Crippen LogP contribution in [0.4, 0.5) is 10.1 Å². The molecule has 0 radical (unpaired) electrons. The minimum Gasteiger partial charge on any atom is -0.324 e. The zero-order valence-electron chi connectivity index (χ0n) is 23.3. The molecule has 1 aliphatic heterocycles. The van der Waals surface area contributed by atoms with E-state index in [1.807, 2.05) is 39.8 Å². The van der Waals surface area contributed by atoms with Gasteiger partial charge in [0.1, 0.15) is 5.82 Å². The lowest BCUT2D eigenvalue weighted by Crippen LogP contribution is -2.54. The molecule has 7 nitrogen and oxygen atoms in total. The molecule has 1 saturated carbocycles. The second kappa shape index (κ2) is 14.0. The van der Waals surface area contributed by atoms with Crippen molar-refractivity contribution in [2.24, 2.45) is 11.7 Å². The van der Waals surface area contributed by atoms with Crippen LogP contribution < -0.4 is 16.4 Å². The van der Waals surface area contributed by atoms with Crippen LogP contribution in [0.5, 0.6) is 0 Å². The zero-order chi connectivity index (χ0) is 28.7. The van der Waals surface area contributed by atoms with Crippen molar-refractivity contribution in [3.63, 3.8) is 0 Å². The van der Waals surface area contributed by atoms with Crippen LogP contribution in [-0.2, 0) is 21.2 Å². The largest absolute Gasteiger partial charge is 0.324 e. The van der Waals surface area contributed by atoms with Gasteiger partial charge in [-0.15, -0.1) is 0 Å². The van der Waals surface area contributed by atoms with E-state index >= 15 is 0 Å². The Labute approximate surface area is 237 Å². The second-order valence-electron chi connectivity index (χ2n) is 10.4. The van der Waals surface area contributed by atoms with Crippen LogP contribution in [0.15, 0.2) is 42.5 Å². The number of rotatable bonds is 10. The van der Waals surface area contributed by atoms with Crippen molar-refractivity contribution in [2.45, 2.75) is 76.6 Å². The van der Waals surface area contributed by atoms with Gasteiger partial charge in [0, 0.05) is 47.9 Å². The summed E-state index contributed by atoms with van der Waals surface area (Å²) in [6.45, 7) is 9.54. The van der Waals surface area contributed by atoms with Gasteiger partial charge in [-0.05, 0) is 61.4 Å². The summed E-state index contributed by atoms with van der Waals surface area (Å²) in [6, 6.07) is 10.7. The first-order chi connectivity index (χ1) is 18.6. The molecule has 2 aromatic rings. The van der Waals surface area contributed by atoms with Crippen molar-refractivity contribution >= 4 is 33.2 Å². The summed E-state index contributed by atoms with van der Waals surface area (Å²) in [7, 11) is -3.33. The van der Waals surface area contributed by atoms with Gasteiger partial charge in [-0.25, -0.2) is 12.8 Å². The van der Waals surface area contributed by atoms with Crippen LogP contribution in [0.25, 0.3) is 0 Å². The number of carbonyl (C=O) groups excluding carboxylic acids is 1. The minimum absolute atomic E-state index is 0.0760. The monoisotopic (exact) mass is 580 g/mol. The maximum Gasteiger partial charge on any atom is 0.241 e. The molecule has 4 rings (SSSR count). The van der Waals surface area contributed by atoms with Crippen molar-refractivity contribution < 1.29 is 17.6 Å². The van der Waals surface area contributed by atoms with Crippen molar-refractivity contribution in [1.29, 1.82) is 0 Å². The van der Waals surface area contributed by atoms with E-state index in [-0.39, 0.29) is 29.5 Å². The molecule has 3 atom stereocenters. The van der Waals surface area contributed by atoms with E-state index < -0.39 is 27.8 Å². The number of sulfonamides is 1. The Morgan fingerprint density at radius 1 is 1.18 bits per heavy atom. The highest BCUT2D eigenvalue weighted by atomic mass is 35.5. The van der Waals surface area contributed by atoms with Crippen LogP contribution in [0.1, 0.15) is 64.0 Å². The van der Waals surface area contributed by atoms with Crippen molar-refractivity contribution in [3.05, 3.63) is 64.4 Å². The van der Waals surface area contributed by atoms with Crippen LogP contribution in [0.3, 0.4) is 0 Å². The lowest BCUT2D eigenvalue weighted by Gasteiger charge is -2.35. The Kier molecular flexibility index (Phi) is 11.3. The topological polar surface area (TPSA) is 105 Å². The third-order valence-corrected chi connectivity index (χ3v) is 10.0. The normalized spacial score (nSPS) is 19.6. The summed E-state index contributed by atoms with van der Waals surface area (Å²) in [5, 5.41) is 6.42. The lowest BCUT2D eigenvalue weighted by atomic mass is 9.82.